The molecule has 2 rings (SSSR count). The van der Waals surface area contributed by atoms with Crippen molar-refractivity contribution in [3.05, 3.63) is 44.8 Å². The van der Waals surface area contributed by atoms with Crippen LogP contribution in [0.4, 0.5) is 8.78 Å². The van der Waals surface area contributed by atoms with Crippen LogP contribution in [0, 0.1) is 0 Å². The first-order valence-corrected chi connectivity index (χ1v) is 7.21. The van der Waals surface area contributed by atoms with Gasteiger partial charge in [0.1, 0.15) is 6.10 Å². The summed E-state index contributed by atoms with van der Waals surface area (Å²) >= 11 is 3.13. The molecule has 1 atom stereocenters. The van der Waals surface area contributed by atoms with Crippen molar-refractivity contribution in [2.75, 3.05) is 6.54 Å². The van der Waals surface area contributed by atoms with Crippen LogP contribution in [0.3, 0.4) is 0 Å². The molecule has 0 saturated carbocycles. The molecule has 2 heterocycles. The summed E-state index contributed by atoms with van der Waals surface area (Å²) in [6.45, 7) is -0.127. The number of rotatable bonds is 6. The van der Waals surface area contributed by atoms with Gasteiger partial charge in [-0.15, -0.1) is 22.7 Å². The average molecular weight is 289 g/mol. The van der Waals surface area contributed by atoms with E-state index in [1.54, 1.807) is 22.7 Å². The molecule has 98 valence electrons. The van der Waals surface area contributed by atoms with Crippen molar-refractivity contribution >= 4 is 22.7 Å². The first kappa shape index (κ1) is 13.6. The summed E-state index contributed by atoms with van der Waals surface area (Å²) in [5.41, 5.74) is 0. The van der Waals surface area contributed by atoms with E-state index in [-0.39, 0.29) is 12.6 Å². The Hall–Kier alpha value is -0.820. The molecule has 0 radical (unpaired) electrons. The smallest absolute Gasteiger partial charge is 0.265 e. The van der Waals surface area contributed by atoms with Crippen LogP contribution in [-0.2, 0) is 0 Å². The van der Waals surface area contributed by atoms with Gasteiger partial charge in [-0.05, 0) is 22.9 Å². The van der Waals surface area contributed by atoms with Crippen LogP contribution in [0.2, 0.25) is 0 Å². The number of aliphatic hydroxyl groups is 1. The summed E-state index contributed by atoms with van der Waals surface area (Å²) in [5.74, 6) is 0. The van der Waals surface area contributed by atoms with Crippen LogP contribution in [0.15, 0.2) is 35.0 Å². The molecule has 18 heavy (non-hydrogen) atoms. The predicted molar refractivity (Wildman–Crippen MR) is 70.5 cm³/mol. The second-order valence-corrected chi connectivity index (χ2v) is 5.73. The molecular weight excluding hydrogens is 276 g/mol. The third-order valence-electron chi connectivity index (χ3n) is 2.48. The zero-order valence-corrected chi connectivity index (χ0v) is 11.1. The van der Waals surface area contributed by atoms with Gasteiger partial charge in [-0.25, -0.2) is 8.78 Å². The lowest BCUT2D eigenvalue weighted by Crippen LogP contribution is -2.34. The summed E-state index contributed by atoms with van der Waals surface area (Å²) in [6, 6.07) is 7.63. The highest BCUT2D eigenvalue weighted by atomic mass is 32.1. The van der Waals surface area contributed by atoms with Crippen LogP contribution in [0.25, 0.3) is 0 Å². The van der Waals surface area contributed by atoms with Crippen LogP contribution in [-0.4, -0.2) is 24.2 Å². The Labute approximate surface area is 112 Å². The maximum Gasteiger partial charge on any atom is 0.265 e. The highest BCUT2D eigenvalue weighted by Gasteiger charge is 2.21. The zero-order valence-electron chi connectivity index (χ0n) is 9.42. The Morgan fingerprint density at radius 1 is 1.11 bits per heavy atom. The molecule has 0 bridgehead atoms. The molecule has 2 aromatic heterocycles. The topological polar surface area (TPSA) is 32.3 Å². The van der Waals surface area contributed by atoms with Gasteiger partial charge in [-0.3, -0.25) is 0 Å². The van der Waals surface area contributed by atoms with E-state index in [9.17, 15) is 8.78 Å². The highest BCUT2D eigenvalue weighted by Crippen LogP contribution is 2.29. The molecule has 0 spiro atoms. The molecule has 0 saturated heterocycles. The van der Waals surface area contributed by atoms with Gasteiger partial charge < -0.3 is 10.4 Å². The first-order chi connectivity index (χ1) is 8.68. The van der Waals surface area contributed by atoms with Crippen molar-refractivity contribution in [1.29, 1.82) is 0 Å². The van der Waals surface area contributed by atoms with E-state index < -0.39 is 12.5 Å². The van der Waals surface area contributed by atoms with E-state index in [1.165, 1.54) is 0 Å². The van der Waals surface area contributed by atoms with Crippen molar-refractivity contribution in [1.82, 2.24) is 5.32 Å². The molecule has 1 unspecified atom stereocenters. The van der Waals surface area contributed by atoms with Crippen molar-refractivity contribution in [2.45, 2.75) is 18.6 Å². The zero-order chi connectivity index (χ0) is 13.0. The third kappa shape index (κ3) is 3.35. The molecule has 0 aliphatic rings. The lowest BCUT2D eigenvalue weighted by molar-refractivity contribution is -0.00403. The van der Waals surface area contributed by atoms with Crippen molar-refractivity contribution in [2.24, 2.45) is 0 Å². The Bertz CT molecular complexity index is 410. The molecule has 2 N–H and O–H groups in total. The minimum atomic E-state index is -2.72. The van der Waals surface area contributed by atoms with Crippen LogP contribution in [0.5, 0.6) is 0 Å². The summed E-state index contributed by atoms with van der Waals surface area (Å²) < 4.78 is 24.6. The van der Waals surface area contributed by atoms with Gasteiger partial charge in [0, 0.05) is 16.3 Å². The SMILES string of the molecule is OC(CNC(c1cccs1)c1cccs1)C(F)F. The molecule has 0 aliphatic carbocycles. The third-order valence-corrected chi connectivity index (χ3v) is 4.35. The van der Waals surface area contributed by atoms with E-state index in [1.807, 2.05) is 35.0 Å². The maximum atomic E-state index is 12.3. The molecular formula is C12H13F2NOS2. The molecule has 0 aromatic carbocycles. The number of aliphatic hydroxyl groups excluding tert-OH is 1. The summed E-state index contributed by atoms with van der Waals surface area (Å²) in [7, 11) is 0. The highest BCUT2D eigenvalue weighted by molar-refractivity contribution is 7.11. The Morgan fingerprint density at radius 3 is 2.06 bits per heavy atom. The normalized spacial score (nSPS) is 13.4. The van der Waals surface area contributed by atoms with Crippen molar-refractivity contribution < 1.29 is 13.9 Å². The maximum absolute atomic E-state index is 12.3. The van der Waals surface area contributed by atoms with Gasteiger partial charge in [-0.2, -0.15) is 0 Å². The van der Waals surface area contributed by atoms with Crippen LogP contribution >= 0.6 is 22.7 Å². The monoisotopic (exact) mass is 289 g/mol. The lowest BCUT2D eigenvalue weighted by atomic mass is 10.2. The van der Waals surface area contributed by atoms with Crippen molar-refractivity contribution in [3.8, 4) is 0 Å². The Morgan fingerprint density at radius 2 is 1.67 bits per heavy atom. The van der Waals surface area contributed by atoms with Gasteiger partial charge >= 0.3 is 0 Å². The number of alkyl halides is 2. The minimum Gasteiger partial charge on any atom is -0.386 e. The van der Waals surface area contributed by atoms with Gasteiger partial charge in [0.25, 0.3) is 6.43 Å². The fourth-order valence-electron chi connectivity index (χ4n) is 1.58. The molecule has 0 aliphatic heterocycles. The summed E-state index contributed by atoms with van der Waals surface area (Å²) in [4.78, 5) is 2.11. The predicted octanol–water partition coefficient (Wildman–Crippen LogP) is 3.11. The van der Waals surface area contributed by atoms with Gasteiger partial charge in [-0.1, -0.05) is 12.1 Å². The number of nitrogens with one attached hydrogen (secondary N) is 1. The van der Waals surface area contributed by atoms with Crippen LogP contribution in [0.1, 0.15) is 15.8 Å². The number of hydrogen-bond donors (Lipinski definition) is 2. The van der Waals surface area contributed by atoms with Gasteiger partial charge in [0.05, 0.1) is 6.04 Å². The molecule has 6 heteroatoms. The molecule has 0 amide bonds. The van der Waals surface area contributed by atoms with E-state index in [4.69, 9.17) is 5.11 Å². The van der Waals surface area contributed by atoms with Gasteiger partial charge in [0.15, 0.2) is 0 Å². The minimum absolute atomic E-state index is 0.126. The standard InChI is InChI=1S/C12H13F2NOS2/c13-12(14)8(16)7-15-11(9-3-1-5-17-9)10-4-2-6-18-10/h1-6,8,11-12,15-16H,7H2. The Balaban J connectivity index is 2.07. The molecule has 2 nitrogen and oxygen atoms in total. The number of thiophene rings is 2. The largest absolute Gasteiger partial charge is 0.386 e. The van der Waals surface area contributed by atoms with E-state index in [0.717, 1.165) is 9.75 Å². The second kappa shape index (κ2) is 6.38. The van der Waals surface area contributed by atoms with Crippen molar-refractivity contribution in [3.63, 3.8) is 0 Å². The Kier molecular flexibility index (Phi) is 4.82. The molecule has 0 fully saturated rings. The van der Waals surface area contributed by atoms with Gasteiger partial charge in [0.2, 0.25) is 0 Å². The van der Waals surface area contributed by atoms with E-state index in [2.05, 4.69) is 5.32 Å². The number of hydrogen-bond acceptors (Lipinski definition) is 4. The van der Waals surface area contributed by atoms with E-state index >= 15 is 0 Å². The summed E-state index contributed by atoms with van der Waals surface area (Å²) in [5, 5.41) is 16.1. The second-order valence-electron chi connectivity index (χ2n) is 3.77. The van der Waals surface area contributed by atoms with E-state index in [0.29, 0.717) is 0 Å². The molecule has 2 aromatic rings. The summed E-state index contributed by atoms with van der Waals surface area (Å²) in [6.07, 6.45) is -4.35. The fourth-order valence-corrected chi connectivity index (χ4v) is 3.29. The first-order valence-electron chi connectivity index (χ1n) is 5.45. The lowest BCUT2D eigenvalue weighted by Gasteiger charge is -2.18. The fraction of sp³-hybridized carbons (Fsp3) is 0.333. The van der Waals surface area contributed by atoms with Crippen LogP contribution < -0.4 is 5.32 Å². The quantitative estimate of drug-likeness (QED) is 0.856. The average Bonchev–Trinajstić information content (AvgIpc) is 3.01. The number of halogens is 2.